The zero-order valence-corrected chi connectivity index (χ0v) is 16.1. The Hall–Kier alpha value is -3.26. The van der Waals surface area contributed by atoms with Crippen LogP contribution in [0.15, 0.2) is 77.1 Å². The van der Waals surface area contributed by atoms with Crippen molar-refractivity contribution in [3.8, 4) is 0 Å². The van der Waals surface area contributed by atoms with Crippen LogP contribution in [0.2, 0.25) is 0 Å². The Morgan fingerprint density at radius 3 is 2.61 bits per heavy atom. The van der Waals surface area contributed by atoms with Crippen molar-refractivity contribution in [3.05, 3.63) is 72.8 Å². The van der Waals surface area contributed by atoms with Crippen molar-refractivity contribution >= 4 is 27.5 Å². The van der Waals surface area contributed by atoms with Crippen LogP contribution in [-0.2, 0) is 21.2 Å². The molecule has 0 fully saturated rings. The van der Waals surface area contributed by atoms with E-state index in [-0.39, 0.29) is 15.7 Å². The molecule has 0 aliphatic heterocycles. The van der Waals surface area contributed by atoms with E-state index in [1.54, 1.807) is 41.4 Å². The molecule has 0 aliphatic rings. The predicted octanol–water partition coefficient (Wildman–Crippen LogP) is 3.17. The SMILES string of the molecule is CCCn1cc(S(=O)(=O)c2ccc(NC(=O)/C=C/c3cccnc3)cc2)cn1. The third-order valence-electron chi connectivity index (χ3n) is 3.92. The van der Waals surface area contributed by atoms with E-state index in [0.717, 1.165) is 12.0 Å². The molecule has 28 heavy (non-hydrogen) atoms. The number of aromatic nitrogens is 3. The zero-order valence-electron chi connectivity index (χ0n) is 15.3. The van der Waals surface area contributed by atoms with Crippen molar-refractivity contribution in [1.29, 1.82) is 0 Å². The fourth-order valence-corrected chi connectivity index (χ4v) is 3.73. The Morgan fingerprint density at radius 2 is 1.93 bits per heavy atom. The number of carbonyl (C=O) groups excluding carboxylic acids is 1. The van der Waals surface area contributed by atoms with Gasteiger partial charge < -0.3 is 5.32 Å². The Kier molecular flexibility index (Phi) is 6.00. The van der Waals surface area contributed by atoms with Gasteiger partial charge in [-0.25, -0.2) is 8.42 Å². The number of nitrogens with one attached hydrogen (secondary N) is 1. The second-order valence-electron chi connectivity index (χ2n) is 6.08. The molecule has 2 aromatic heterocycles. The maximum absolute atomic E-state index is 12.7. The van der Waals surface area contributed by atoms with Gasteiger partial charge in [-0.2, -0.15) is 5.10 Å². The molecule has 0 radical (unpaired) electrons. The topological polar surface area (TPSA) is 94.0 Å². The number of nitrogens with zero attached hydrogens (tertiary/aromatic N) is 3. The first-order valence-corrected chi connectivity index (χ1v) is 10.2. The summed E-state index contributed by atoms with van der Waals surface area (Å²) in [5, 5.41) is 6.76. The molecule has 0 spiro atoms. The number of pyridine rings is 1. The number of sulfone groups is 1. The molecule has 0 saturated carbocycles. The van der Waals surface area contributed by atoms with Crippen LogP contribution in [0.4, 0.5) is 5.69 Å². The van der Waals surface area contributed by atoms with Crippen LogP contribution in [0.1, 0.15) is 18.9 Å². The van der Waals surface area contributed by atoms with E-state index in [9.17, 15) is 13.2 Å². The Bertz CT molecular complexity index is 1070. The molecule has 1 N–H and O–H groups in total. The maximum Gasteiger partial charge on any atom is 0.248 e. The Labute approximate surface area is 163 Å². The molecule has 0 atom stereocenters. The molecule has 7 nitrogen and oxygen atoms in total. The van der Waals surface area contributed by atoms with Crippen LogP contribution < -0.4 is 5.32 Å². The van der Waals surface area contributed by atoms with E-state index in [4.69, 9.17) is 0 Å². The van der Waals surface area contributed by atoms with Gasteiger partial charge >= 0.3 is 0 Å². The summed E-state index contributed by atoms with van der Waals surface area (Å²) in [6.07, 6.45) is 10.1. The lowest BCUT2D eigenvalue weighted by atomic mass is 10.2. The van der Waals surface area contributed by atoms with Crippen molar-refractivity contribution < 1.29 is 13.2 Å². The average Bonchev–Trinajstić information content (AvgIpc) is 3.18. The minimum absolute atomic E-state index is 0.146. The van der Waals surface area contributed by atoms with E-state index < -0.39 is 9.84 Å². The van der Waals surface area contributed by atoms with Crippen LogP contribution in [-0.4, -0.2) is 29.1 Å². The van der Waals surface area contributed by atoms with Gasteiger partial charge in [-0.15, -0.1) is 0 Å². The van der Waals surface area contributed by atoms with Crippen molar-refractivity contribution in [1.82, 2.24) is 14.8 Å². The highest BCUT2D eigenvalue weighted by Crippen LogP contribution is 2.22. The number of benzene rings is 1. The molecule has 0 saturated heterocycles. The fourth-order valence-electron chi connectivity index (χ4n) is 2.52. The molecule has 3 aromatic rings. The summed E-state index contributed by atoms with van der Waals surface area (Å²) in [6.45, 7) is 2.65. The summed E-state index contributed by atoms with van der Waals surface area (Å²) in [4.78, 5) is 16.3. The lowest BCUT2D eigenvalue weighted by Crippen LogP contribution is -2.08. The van der Waals surface area contributed by atoms with Crippen molar-refractivity contribution in [2.45, 2.75) is 29.7 Å². The van der Waals surface area contributed by atoms with Crippen LogP contribution in [0.5, 0.6) is 0 Å². The highest BCUT2D eigenvalue weighted by atomic mass is 32.2. The monoisotopic (exact) mass is 396 g/mol. The van der Waals surface area contributed by atoms with E-state index in [2.05, 4.69) is 15.4 Å². The van der Waals surface area contributed by atoms with Gasteiger partial charge in [0.1, 0.15) is 4.90 Å². The van der Waals surface area contributed by atoms with Gasteiger partial charge in [-0.1, -0.05) is 13.0 Å². The van der Waals surface area contributed by atoms with Crippen LogP contribution in [0.25, 0.3) is 6.08 Å². The van der Waals surface area contributed by atoms with Crippen molar-refractivity contribution in [3.63, 3.8) is 0 Å². The first-order valence-electron chi connectivity index (χ1n) is 8.76. The highest BCUT2D eigenvalue weighted by molar-refractivity contribution is 7.91. The Balaban J connectivity index is 1.68. The summed E-state index contributed by atoms with van der Waals surface area (Å²) in [7, 11) is -3.64. The molecular weight excluding hydrogens is 376 g/mol. The third-order valence-corrected chi connectivity index (χ3v) is 5.64. The number of aryl methyl sites for hydroxylation is 1. The molecule has 8 heteroatoms. The smallest absolute Gasteiger partial charge is 0.248 e. The quantitative estimate of drug-likeness (QED) is 0.619. The molecule has 0 unspecified atom stereocenters. The summed E-state index contributed by atoms with van der Waals surface area (Å²) < 4.78 is 27.0. The molecule has 144 valence electrons. The third kappa shape index (κ3) is 4.72. The van der Waals surface area contributed by atoms with Gasteiger partial charge in [0.05, 0.1) is 11.1 Å². The second kappa shape index (κ2) is 8.62. The largest absolute Gasteiger partial charge is 0.323 e. The lowest BCUT2D eigenvalue weighted by Gasteiger charge is -2.05. The normalized spacial score (nSPS) is 11.6. The Morgan fingerprint density at radius 1 is 1.14 bits per heavy atom. The lowest BCUT2D eigenvalue weighted by molar-refractivity contribution is -0.111. The molecule has 3 rings (SSSR count). The predicted molar refractivity (Wildman–Crippen MR) is 106 cm³/mol. The van der Waals surface area contributed by atoms with Gasteiger partial charge in [-0.3, -0.25) is 14.5 Å². The maximum atomic E-state index is 12.7. The van der Waals surface area contributed by atoms with Crippen LogP contribution >= 0.6 is 0 Å². The van der Waals surface area contributed by atoms with E-state index in [1.165, 1.54) is 30.6 Å². The van der Waals surface area contributed by atoms with Gasteiger partial charge in [0.2, 0.25) is 15.7 Å². The first-order chi connectivity index (χ1) is 13.5. The standard InChI is InChI=1S/C20H20N4O3S/c1-2-12-24-15-19(14-22-24)28(26,27)18-8-6-17(7-9-18)23-20(25)10-5-16-4-3-11-21-13-16/h3-11,13-15H,2,12H2,1H3,(H,23,25)/b10-5+. The number of hydrogen-bond acceptors (Lipinski definition) is 5. The molecule has 2 heterocycles. The first kappa shape index (κ1) is 19.5. The van der Waals surface area contributed by atoms with Crippen molar-refractivity contribution in [2.24, 2.45) is 0 Å². The highest BCUT2D eigenvalue weighted by Gasteiger charge is 2.19. The summed E-state index contributed by atoms with van der Waals surface area (Å²) >= 11 is 0. The number of hydrogen-bond donors (Lipinski definition) is 1. The summed E-state index contributed by atoms with van der Waals surface area (Å²) in [6, 6.07) is 9.65. The van der Waals surface area contributed by atoms with Gasteiger partial charge in [-0.05, 0) is 48.4 Å². The van der Waals surface area contributed by atoms with Gasteiger partial charge in [0.25, 0.3) is 0 Å². The number of rotatable bonds is 7. The van der Waals surface area contributed by atoms with Crippen molar-refractivity contribution in [2.75, 3.05) is 5.32 Å². The molecule has 0 aliphatic carbocycles. The van der Waals surface area contributed by atoms with Crippen LogP contribution in [0.3, 0.4) is 0 Å². The molecule has 1 amide bonds. The number of amides is 1. The van der Waals surface area contributed by atoms with E-state index in [1.807, 2.05) is 13.0 Å². The molecular formula is C20H20N4O3S. The molecule has 0 bridgehead atoms. The van der Waals surface area contributed by atoms with E-state index >= 15 is 0 Å². The fraction of sp³-hybridized carbons (Fsp3) is 0.150. The molecule has 1 aromatic carbocycles. The van der Waals surface area contributed by atoms with E-state index in [0.29, 0.717) is 12.2 Å². The van der Waals surface area contributed by atoms with Crippen LogP contribution in [0, 0.1) is 0 Å². The number of carbonyl (C=O) groups is 1. The zero-order chi connectivity index (χ0) is 20.0. The minimum atomic E-state index is -3.64. The number of anilines is 1. The van der Waals surface area contributed by atoms with Gasteiger partial charge in [0, 0.05) is 36.9 Å². The summed E-state index contributed by atoms with van der Waals surface area (Å²) in [5.74, 6) is -0.319. The van der Waals surface area contributed by atoms with Gasteiger partial charge in [0.15, 0.2) is 0 Å². The summed E-state index contributed by atoms with van der Waals surface area (Å²) in [5.41, 5.74) is 1.31. The second-order valence-corrected chi connectivity index (χ2v) is 8.03. The minimum Gasteiger partial charge on any atom is -0.323 e. The average molecular weight is 396 g/mol.